The quantitative estimate of drug-likeness (QED) is 0.907. The molecule has 2 rings (SSSR count). The Morgan fingerprint density at radius 1 is 1.47 bits per heavy atom. The summed E-state index contributed by atoms with van der Waals surface area (Å²) in [5, 5.41) is 9.95. The zero-order valence-electron chi connectivity index (χ0n) is 10.7. The highest BCUT2D eigenvalue weighted by molar-refractivity contribution is 6.30. The Hall–Kier alpha value is -1.55. The summed E-state index contributed by atoms with van der Waals surface area (Å²) in [6.07, 6.45) is 1.51. The number of carboxylic acids is 1. The molecule has 0 aromatic heterocycles. The van der Waals surface area contributed by atoms with Crippen LogP contribution < -0.4 is 0 Å². The van der Waals surface area contributed by atoms with Crippen molar-refractivity contribution in [1.82, 2.24) is 4.90 Å². The van der Waals surface area contributed by atoms with Crippen molar-refractivity contribution in [2.75, 3.05) is 7.05 Å². The number of amides is 1. The first-order valence-corrected chi connectivity index (χ1v) is 6.62. The van der Waals surface area contributed by atoms with Gasteiger partial charge < -0.3 is 10.0 Å². The topological polar surface area (TPSA) is 57.6 Å². The van der Waals surface area contributed by atoms with Crippen molar-refractivity contribution in [2.24, 2.45) is 5.92 Å². The molecule has 1 N–H and O–H groups in total. The number of carbonyl (C=O) groups excluding carboxylic acids is 1. The van der Waals surface area contributed by atoms with E-state index in [1.165, 1.54) is 4.90 Å². The summed E-state index contributed by atoms with van der Waals surface area (Å²) in [7, 11) is 1.66. The molecule has 0 saturated carbocycles. The first-order valence-electron chi connectivity index (χ1n) is 6.24. The van der Waals surface area contributed by atoms with Crippen LogP contribution in [0, 0.1) is 5.92 Å². The van der Waals surface area contributed by atoms with Crippen molar-refractivity contribution in [3.8, 4) is 0 Å². The predicted molar refractivity (Wildman–Crippen MR) is 71.9 cm³/mol. The van der Waals surface area contributed by atoms with E-state index in [9.17, 15) is 14.7 Å². The van der Waals surface area contributed by atoms with Gasteiger partial charge in [-0.15, -0.1) is 0 Å². The summed E-state index contributed by atoms with van der Waals surface area (Å²) in [5.41, 5.74) is 0.776. The van der Waals surface area contributed by atoms with Crippen LogP contribution in [0.5, 0.6) is 0 Å². The number of hydrogen-bond donors (Lipinski definition) is 1. The Labute approximate surface area is 117 Å². The van der Waals surface area contributed by atoms with Gasteiger partial charge in [-0.1, -0.05) is 23.7 Å². The first kappa shape index (κ1) is 13.9. The normalized spacial score (nSPS) is 24.1. The molecule has 1 aromatic carbocycles. The van der Waals surface area contributed by atoms with E-state index in [1.54, 1.807) is 25.2 Å². The second kappa shape index (κ2) is 5.61. The molecule has 2 atom stereocenters. The standard InChI is InChI=1S/C14H16ClNO3/c1-16-12(17)7-3-6-11(14(18)19)13(16)9-4-2-5-10(15)8-9/h2,4-5,8,11,13H,3,6-7H2,1H3,(H,18,19). The molecule has 5 heteroatoms. The Morgan fingerprint density at radius 2 is 2.21 bits per heavy atom. The highest BCUT2D eigenvalue weighted by Crippen LogP contribution is 2.35. The number of rotatable bonds is 2. The molecule has 1 heterocycles. The number of aliphatic carboxylic acids is 1. The van der Waals surface area contributed by atoms with Gasteiger partial charge in [-0.05, 0) is 30.5 Å². The third-order valence-electron chi connectivity index (χ3n) is 3.60. The van der Waals surface area contributed by atoms with Crippen molar-refractivity contribution in [3.05, 3.63) is 34.9 Å². The van der Waals surface area contributed by atoms with Crippen LogP contribution in [0.4, 0.5) is 0 Å². The van der Waals surface area contributed by atoms with Gasteiger partial charge in [-0.2, -0.15) is 0 Å². The number of likely N-dealkylation sites (tertiary alicyclic amines) is 1. The summed E-state index contributed by atoms with van der Waals surface area (Å²) >= 11 is 5.97. The van der Waals surface area contributed by atoms with Crippen LogP contribution in [0.25, 0.3) is 0 Å². The number of carbonyl (C=O) groups is 2. The number of carboxylic acid groups (broad SMARTS) is 1. The molecule has 2 unspecified atom stereocenters. The van der Waals surface area contributed by atoms with Gasteiger partial charge >= 0.3 is 5.97 Å². The van der Waals surface area contributed by atoms with E-state index in [1.807, 2.05) is 6.07 Å². The smallest absolute Gasteiger partial charge is 0.308 e. The molecule has 1 amide bonds. The molecule has 0 radical (unpaired) electrons. The fraction of sp³-hybridized carbons (Fsp3) is 0.429. The monoisotopic (exact) mass is 281 g/mol. The van der Waals surface area contributed by atoms with Gasteiger partial charge in [0, 0.05) is 18.5 Å². The lowest BCUT2D eigenvalue weighted by atomic mass is 9.89. The van der Waals surface area contributed by atoms with Crippen LogP contribution in [-0.2, 0) is 9.59 Å². The second-order valence-corrected chi connectivity index (χ2v) is 5.28. The lowest BCUT2D eigenvalue weighted by molar-refractivity contribution is -0.145. The van der Waals surface area contributed by atoms with Crippen molar-refractivity contribution in [1.29, 1.82) is 0 Å². The first-order chi connectivity index (χ1) is 9.00. The minimum absolute atomic E-state index is 0.0197. The molecular formula is C14H16ClNO3. The minimum atomic E-state index is -0.869. The zero-order chi connectivity index (χ0) is 14.0. The van der Waals surface area contributed by atoms with E-state index in [0.717, 1.165) is 5.56 Å². The van der Waals surface area contributed by atoms with E-state index in [2.05, 4.69) is 0 Å². The maximum absolute atomic E-state index is 12.0. The average molecular weight is 282 g/mol. The molecule has 102 valence electrons. The summed E-state index contributed by atoms with van der Waals surface area (Å²) in [4.78, 5) is 24.9. The van der Waals surface area contributed by atoms with Crippen molar-refractivity contribution < 1.29 is 14.7 Å². The number of benzene rings is 1. The summed E-state index contributed by atoms with van der Waals surface area (Å²) < 4.78 is 0. The second-order valence-electron chi connectivity index (χ2n) is 4.84. The minimum Gasteiger partial charge on any atom is -0.481 e. The zero-order valence-corrected chi connectivity index (χ0v) is 11.4. The highest BCUT2D eigenvalue weighted by atomic mass is 35.5. The van der Waals surface area contributed by atoms with Crippen LogP contribution >= 0.6 is 11.6 Å². The Bertz CT molecular complexity index is 503. The molecule has 1 aliphatic rings. The van der Waals surface area contributed by atoms with Crippen molar-refractivity contribution in [3.63, 3.8) is 0 Å². The van der Waals surface area contributed by atoms with Crippen LogP contribution in [-0.4, -0.2) is 28.9 Å². The van der Waals surface area contributed by atoms with Crippen LogP contribution in [0.2, 0.25) is 5.02 Å². The van der Waals surface area contributed by atoms with Gasteiger partial charge in [0.05, 0.1) is 12.0 Å². The Balaban J connectivity index is 2.44. The third kappa shape index (κ3) is 2.89. The molecular weight excluding hydrogens is 266 g/mol. The molecule has 4 nitrogen and oxygen atoms in total. The van der Waals surface area contributed by atoms with Gasteiger partial charge in [0.1, 0.15) is 0 Å². The van der Waals surface area contributed by atoms with E-state index >= 15 is 0 Å². The van der Waals surface area contributed by atoms with Crippen molar-refractivity contribution in [2.45, 2.75) is 25.3 Å². The SMILES string of the molecule is CN1C(=O)CCCC(C(=O)O)C1c1cccc(Cl)c1. The maximum Gasteiger partial charge on any atom is 0.308 e. The fourth-order valence-corrected chi connectivity index (χ4v) is 2.84. The molecule has 0 aliphatic carbocycles. The fourth-order valence-electron chi connectivity index (χ4n) is 2.64. The van der Waals surface area contributed by atoms with Gasteiger partial charge in [0.15, 0.2) is 0 Å². The Morgan fingerprint density at radius 3 is 2.84 bits per heavy atom. The third-order valence-corrected chi connectivity index (χ3v) is 3.84. The lowest BCUT2D eigenvalue weighted by Crippen LogP contribution is -2.36. The van der Waals surface area contributed by atoms with Crippen LogP contribution in [0.1, 0.15) is 30.9 Å². The average Bonchev–Trinajstić information content (AvgIpc) is 2.50. The lowest BCUT2D eigenvalue weighted by Gasteiger charge is -2.30. The van der Waals surface area contributed by atoms with E-state index in [4.69, 9.17) is 11.6 Å². The number of hydrogen-bond acceptors (Lipinski definition) is 2. The predicted octanol–water partition coefficient (Wildman–Crippen LogP) is 2.72. The number of nitrogens with zero attached hydrogens (tertiary/aromatic N) is 1. The molecule has 1 saturated heterocycles. The summed E-state index contributed by atoms with van der Waals surface area (Å²) in [6, 6.07) is 6.61. The van der Waals surface area contributed by atoms with E-state index < -0.39 is 17.9 Å². The maximum atomic E-state index is 12.0. The van der Waals surface area contributed by atoms with Gasteiger partial charge in [0.25, 0.3) is 0 Å². The Kier molecular flexibility index (Phi) is 4.10. The molecule has 1 fully saturated rings. The molecule has 0 spiro atoms. The summed E-state index contributed by atoms with van der Waals surface area (Å²) in [6.45, 7) is 0. The van der Waals surface area contributed by atoms with Crippen molar-refractivity contribution >= 4 is 23.5 Å². The van der Waals surface area contributed by atoms with Gasteiger partial charge in [-0.25, -0.2) is 0 Å². The molecule has 1 aromatic rings. The van der Waals surface area contributed by atoms with Gasteiger partial charge in [0.2, 0.25) is 5.91 Å². The highest BCUT2D eigenvalue weighted by Gasteiger charge is 2.36. The molecule has 19 heavy (non-hydrogen) atoms. The van der Waals surface area contributed by atoms with E-state index in [0.29, 0.717) is 24.3 Å². The summed E-state index contributed by atoms with van der Waals surface area (Å²) in [5.74, 6) is -1.48. The number of halogens is 1. The molecule has 0 bridgehead atoms. The van der Waals surface area contributed by atoms with Crippen LogP contribution in [0.3, 0.4) is 0 Å². The molecule has 1 aliphatic heterocycles. The van der Waals surface area contributed by atoms with E-state index in [-0.39, 0.29) is 5.91 Å². The van der Waals surface area contributed by atoms with Gasteiger partial charge in [-0.3, -0.25) is 9.59 Å². The van der Waals surface area contributed by atoms with Crippen LogP contribution in [0.15, 0.2) is 24.3 Å². The largest absolute Gasteiger partial charge is 0.481 e.